The van der Waals surface area contributed by atoms with Crippen LogP contribution in [0, 0.1) is 11.3 Å². The van der Waals surface area contributed by atoms with Crippen LogP contribution in [0.5, 0.6) is 23.0 Å². The SMILES string of the molecule is COc1cc(/C=C(\C#N)c2ccc3c(c2)OCO3)ccc1OCCCCCCCCO. The number of benzene rings is 2. The van der Waals surface area contributed by atoms with Gasteiger partial charge in [-0.3, -0.25) is 0 Å². The number of fused-ring (bicyclic) bond motifs is 1. The molecule has 6 nitrogen and oxygen atoms in total. The molecular formula is C25H29NO5. The predicted molar refractivity (Wildman–Crippen MR) is 119 cm³/mol. The van der Waals surface area contributed by atoms with Gasteiger partial charge in [-0.05, 0) is 60.4 Å². The van der Waals surface area contributed by atoms with Gasteiger partial charge in [-0.2, -0.15) is 5.26 Å². The van der Waals surface area contributed by atoms with Gasteiger partial charge in [0.25, 0.3) is 0 Å². The molecule has 2 aromatic carbocycles. The summed E-state index contributed by atoms with van der Waals surface area (Å²) in [4.78, 5) is 0. The second kappa shape index (κ2) is 11.9. The molecule has 0 fully saturated rings. The van der Waals surface area contributed by atoms with Crippen molar-refractivity contribution in [1.29, 1.82) is 5.26 Å². The smallest absolute Gasteiger partial charge is 0.231 e. The summed E-state index contributed by atoms with van der Waals surface area (Å²) < 4.78 is 22.1. The van der Waals surface area contributed by atoms with Crippen molar-refractivity contribution in [2.24, 2.45) is 0 Å². The van der Waals surface area contributed by atoms with E-state index >= 15 is 0 Å². The molecule has 0 bridgehead atoms. The summed E-state index contributed by atoms with van der Waals surface area (Å²) >= 11 is 0. The number of nitrogens with zero attached hydrogens (tertiary/aromatic N) is 1. The van der Waals surface area contributed by atoms with Crippen molar-refractivity contribution in [3.63, 3.8) is 0 Å². The number of nitriles is 1. The van der Waals surface area contributed by atoms with E-state index in [1.54, 1.807) is 7.11 Å². The second-order valence-corrected chi connectivity index (χ2v) is 7.34. The largest absolute Gasteiger partial charge is 0.493 e. The molecule has 0 aliphatic carbocycles. The highest BCUT2D eigenvalue weighted by Crippen LogP contribution is 2.35. The minimum absolute atomic E-state index is 0.201. The molecule has 164 valence electrons. The van der Waals surface area contributed by atoms with Crippen LogP contribution in [0.2, 0.25) is 0 Å². The zero-order valence-corrected chi connectivity index (χ0v) is 17.9. The molecule has 0 saturated heterocycles. The van der Waals surface area contributed by atoms with Gasteiger partial charge >= 0.3 is 0 Å². The molecule has 1 N–H and O–H groups in total. The number of hydrogen-bond donors (Lipinski definition) is 1. The monoisotopic (exact) mass is 423 g/mol. The maximum atomic E-state index is 9.65. The van der Waals surface area contributed by atoms with Crippen LogP contribution in [-0.2, 0) is 0 Å². The number of allylic oxidation sites excluding steroid dienone is 1. The molecule has 2 aromatic rings. The lowest BCUT2D eigenvalue weighted by atomic mass is 10.0. The van der Waals surface area contributed by atoms with Crippen LogP contribution < -0.4 is 18.9 Å². The van der Waals surface area contributed by atoms with Crippen molar-refractivity contribution >= 4 is 11.6 Å². The van der Waals surface area contributed by atoms with Crippen LogP contribution in [-0.4, -0.2) is 32.2 Å². The van der Waals surface area contributed by atoms with Crippen LogP contribution in [0.3, 0.4) is 0 Å². The number of hydrogen-bond acceptors (Lipinski definition) is 6. The topological polar surface area (TPSA) is 80.9 Å². The average molecular weight is 424 g/mol. The van der Waals surface area contributed by atoms with E-state index in [-0.39, 0.29) is 13.4 Å². The van der Waals surface area contributed by atoms with Gasteiger partial charge in [0, 0.05) is 6.61 Å². The minimum Gasteiger partial charge on any atom is -0.493 e. The fraction of sp³-hybridized carbons (Fsp3) is 0.400. The lowest BCUT2D eigenvalue weighted by Crippen LogP contribution is -1.99. The Hall–Kier alpha value is -3.17. The Kier molecular flexibility index (Phi) is 8.62. The molecule has 0 atom stereocenters. The number of ether oxygens (including phenoxy) is 4. The Bertz CT molecular complexity index is 932. The van der Waals surface area contributed by atoms with Gasteiger partial charge < -0.3 is 24.1 Å². The van der Waals surface area contributed by atoms with Crippen molar-refractivity contribution < 1.29 is 24.1 Å². The minimum atomic E-state index is 0.201. The summed E-state index contributed by atoms with van der Waals surface area (Å²) in [6.07, 6.45) is 8.17. The Labute approximate surface area is 183 Å². The Morgan fingerprint density at radius 2 is 1.77 bits per heavy atom. The molecule has 0 radical (unpaired) electrons. The fourth-order valence-electron chi connectivity index (χ4n) is 3.41. The van der Waals surface area contributed by atoms with Gasteiger partial charge in [-0.15, -0.1) is 0 Å². The van der Waals surface area contributed by atoms with Gasteiger partial charge in [0.2, 0.25) is 6.79 Å². The summed E-state index contributed by atoms with van der Waals surface area (Å²) in [6, 6.07) is 13.4. The standard InChI is InChI=1S/C25H29NO5/c1-28-24-15-19(8-10-22(24)29-13-7-5-3-2-4-6-12-27)14-21(17-26)20-9-11-23-25(16-20)31-18-30-23/h8-11,14-16,27H,2-7,12-13,18H2,1H3/b21-14+. The van der Waals surface area contributed by atoms with Crippen LogP contribution in [0.4, 0.5) is 0 Å². The maximum Gasteiger partial charge on any atom is 0.231 e. The van der Waals surface area contributed by atoms with Gasteiger partial charge in [0.1, 0.15) is 0 Å². The number of aliphatic hydroxyl groups is 1. The fourth-order valence-corrected chi connectivity index (χ4v) is 3.41. The summed E-state index contributed by atoms with van der Waals surface area (Å²) in [5.41, 5.74) is 2.14. The lowest BCUT2D eigenvalue weighted by Gasteiger charge is -2.11. The van der Waals surface area contributed by atoms with Crippen LogP contribution >= 0.6 is 0 Å². The number of unbranched alkanes of at least 4 members (excludes halogenated alkanes) is 5. The van der Waals surface area contributed by atoms with E-state index in [1.807, 2.05) is 42.5 Å². The molecular weight excluding hydrogens is 394 g/mol. The third-order valence-electron chi connectivity index (χ3n) is 5.11. The first kappa shape index (κ1) is 22.5. The molecule has 0 amide bonds. The van der Waals surface area contributed by atoms with Gasteiger partial charge in [-0.25, -0.2) is 0 Å². The molecule has 0 aromatic heterocycles. The number of aliphatic hydroxyl groups excluding tert-OH is 1. The van der Waals surface area contributed by atoms with E-state index in [1.165, 1.54) is 0 Å². The normalized spacial score (nSPS) is 12.5. The molecule has 0 unspecified atom stereocenters. The Morgan fingerprint density at radius 3 is 2.55 bits per heavy atom. The number of methoxy groups -OCH3 is 1. The van der Waals surface area contributed by atoms with E-state index in [0.29, 0.717) is 35.2 Å². The molecule has 0 spiro atoms. The van der Waals surface area contributed by atoms with E-state index in [0.717, 1.165) is 49.7 Å². The molecule has 31 heavy (non-hydrogen) atoms. The van der Waals surface area contributed by atoms with E-state index < -0.39 is 0 Å². The lowest BCUT2D eigenvalue weighted by molar-refractivity contribution is 0.174. The second-order valence-electron chi connectivity index (χ2n) is 7.34. The first-order chi connectivity index (χ1) is 15.2. The zero-order chi connectivity index (χ0) is 21.9. The first-order valence-corrected chi connectivity index (χ1v) is 10.7. The van der Waals surface area contributed by atoms with Crippen molar-refractivity contribution in [3.05, 3.63) is 47.5 Å². The molecule has 3 rings (SSSR count). The van der Waals surface area contributed by atoms with Crippen molar-refractivity contribution in [1.82, 2.24) is 0 Å². The molecule has 1 aliphatic rings. The number of rotatable bonds is 12. The molecule has 0 saturated carbocycles. The van der Waals surface area contributed by atoms with Crippen LogP contribution in [0.15, 0.2) is 36.4 Å². The summed E-state index contributed by atoms with van der Waals surface area (Å²) in [7, 11) is 1.61. The van der Waals surface area contributed by atoms with Crippen molar-refractivity contribution in [3.8, 4) is 29.1 Å². The van der Waals surface area contributed by atoms with E-state index in [4.69, 9.17) is 24.1 Å². The maximum absolute atomic E-state index is 9.65. The van der Waals surface area contributed by atoms with Crippen LogP contribution in [0.25, 0.3) is 11.6 Å². The third kappa shape index (κ3) is 6.40. The molecule has 6 heteroatoms. The third-order valence-corrected chi connectivity index (χ3v) is 5.11. The summed E-state index contributed by atoms with van der Waals surface area (Å²) in [6.45, 7) is 1.11. The van der Waals surface area contributed by atoms with Crippen molar-refractivity contribution in [2.45, 2.75) is 38.5 Å². The average Bonchev–Trinajstić information content (AvgIpc) is 3.27. The van der Waals surface area contributed by atoms with Crippen molar-refractivity contribution in [2.75, 3.05) is 27.1 Å². The highest BCUT2D eigenvalue weighted by atomic mass is 16.7. The molecule has 1 heterocycles. The van der Waals surface area contributed by atoms with E-state index in [2.05, 4.69) is 6.07 Å². The van der Waals surface area contributed by atoms with Gasteiger partial charge in [0.15, 0.2) is 23.0 Å². The zero-order valence-electron chi connectivity index (χ0n) is 17.9. The van der Waals surface area contributed by atoms with Gasteiger partial charge in [-0.1, -0.05) is 31.7 Å². The quantitative estimate of drug-likeness (QED) is 0.287. The molecule has 1 aliphatic heterocycles. The van der Waals surface area contributed by atoms with E-state index in [9.17, 15) is 5.26 Å². The predicted octanol–water partition coefficient (Wildman–Crippen LogP) is 5.20. The summed E-state index contributed by atoms with van der Waals surface area (Å²) in [5.74, 6) is 2.67. The Balaban J connectivity index is 1.60. The van der Waals surface area contributed by atoms with Gasteiger partial charge in [0.05, 0.1) is 25.4 Å². The highest BCUT2D eigenvalue weighted by Gasteiger charge is 2.15. The summed E-state index contributed by atoms with van der Waals surface area (Å²) in [5, 5.41) is 18.4. The Morgan fingerprint density at radius 1 is 1.00 bits per heavy atom. The first-order valence-electron chi connectivity index (χ1n) is 10.7. The highest BCUT2D eigenvalue weighted by molar-refractivity contribution is 5.90. The van der Waals surface area contributed by atoms with Crippen LogP contribution in [0.1, 0.15) is 49.7 Å².